The van der Waals surface area contributed by atoms with E-state index >= 15 is 0 Å². The summed E-state index contributed by atoms with van der Waals surface area (Å²) < 4.78 is 51.1. The highest BCUT2D eigenvalue weighted by molar-refractivity contribution is 7.96. The van der Waals surface area contributed by atoms with E-state index in [0.717, 1.165) is 5.69 Å². The van der Waals surface area contributed by atoms with E-state index in [0.29, 0.717) is 31.2 Å². The lowest BCUT2D eigenvalue weighted by molar-refractivity contribution is 0.201. The van der Waals surface area contributed by atoms with Crippen LogP contribution in [0.15, 0.2) is 59.5 Å². The van der Waals surface area contributed by atoms with E-state index in [1.54, 1.807) is 18.2 Å². The van der Waals surface area contributed by atoms with E-state index in [1.165, 1.54) is 12.1 Å². The molecule has 0 spiro atoms. The van der Waals surface area contributed by atoms with Crippen molar-refractivity contribution in [1.29, 1.82) is 0 Å². The van der Waals surface area contributed by atoms with Crippen molar-refractivity contribution in [3.05, 3.63) is 59.6 Å². The van der Waals surface area contributed by atoms with Crippen molar-refractivity contribution in [1.82, 2.24) is 4.90 Å². The van der Waals surface area contributed by atoms with Gasteiger partial charge in [-0.2, -0.15) is 0 Å². The van der Waals surface area contributed by atoms with Gasteiger partial charge < -0.3 is 4.90 Å². The lowest BCUT2D eigenvalue weighted by Gasteiger charge is -2.40. The molecule has 0 saturated carbocycles. The number of sulfone groups is 2. The minimum atomic E-state index is -3.73. The third-order valence-corrected chi connectivity index (χ3v) is 10.1. The molecule has 2 aliphatic heterocycles. The Labute approximate surface area is 176 Å². The molecule has 0 amide bonds. The second-order valence-corrected chi connectivity index (χ2v) is 12.3. The molecule has 29 heavy (non-hydrogen) atoms. The lowest BCUT2D eigenvalue weighted by atomic mass is 10.1. The summed E-state index contributed by atoms with van der Waals surface area (Å²) in [6, 6.07) is 15.2. The van der Waals surface area contributed by atoms with Gasteiger partial charge in [-0.1, -0.05) is 35.9 Å². The lowest BCUT2D eigenvalue weighted by Crippen LogP contribution is -2.55. The number of anilines is 1. The van der Waals surface area contributed by atoms with Gasteiger partial charge in [-0.25, -0.2) is 16.8 Å². The molecule has 0 radical (unpaired) electrons. The van der Waals surface area contributed by atoms with Crippen LogP contribution in [0.1, 0.15) is 0 Å². The Balaban J connectivity index is 1.54. The van der Waals surface area contributed by atoms with Crippen molar-refractivity contribution in [3.63, 3.8) is 0 Å². The molecular weight excluding hydrogens is 432 g/mol. The number of benzene rings is 2. The summed E-state index contributed by atoms with van der Waals surface area (Å²) in [6.45, 7) is 2.59. The normalized spacial score (nSPS) is 25.2. The molecule has 2 aromatic carbocycles. The highest BCUT2D eigenvalue weighted by Crippen LogP contribution is 2.30. The van der Waals surface area contributed by atoms with Gasteiger partial charge in [0.15, 0.2) is 19.7 Å². The van der Waals surface area contributed by atoms with E-state index in [2.05, 4.69) is 4.90 Å². The Morgan fingerprint density at radius 3 is 2.24 bits per heavy atom. The van der Waals surface area contributed by atoms with Crippen LogP contribution < -0.4 is 4.90 Å². The molecule has 2 fully saturated rings. The summed E-state index contributed by atoms with van der Waals surface area (Å²) in [5, 5.41) is -0.270. The van der Waals surface area contributed by atoms with E-state index in [4.69, 9.17) is 11.6 Å². The number of hydrogen-bond donors (Lipinski definition) is 0. The molecule has 2 unspecified atom stereocenters. The van der Waals surface area contributed by atoms with Crippen LogP contribution in [0.25, 0.3) is 0 Å². The average molecular weight is 455 g/mol. The van der Waals surface area contributed by atoms with E-state index in [1.807, 2.05) is 29.2 Å². The standard InChI is InChI=1S/C20H23ClN2O4S2/c21-16-5-4-6-17(13-16)22-9-11-23(12-10-22)19-14-28(24,25)15-20(19)29(26,27)18-7-2-1-3-8-18/h1-8,13,19-20H,9-12,14-15H2. The first-order valence-electron chi connectivity index (χ1n) is 9.50. The fourth-order valence-corrected chi connectivity index (χ4v) is 9.24. The van der Waals surface area contributed by atoms with Gasteiger partial charge in [-0.3, -0.25) is 4.90 Å². The molecule has 0 bridgehead atoms. The smallest absolute Gasteiger partial charge is 0.183 e. The van der Waals surface area contributed by atoms with Gasteiger partial charge in [-0.15, -0.1) is 0 Å². The van der Waals surface area contributed by atoms with Gasteiger partial charge in [0.05, 0.1) is 21.7 Å². The van der Waals surface area contributed by atoms with Gasteiger partial charge in [0.1, 0.15) is 0 Å². The van der Waals surface area contributed by atoms with Crippen LogP contribution in [-0.2, 0) is 19.7 Å². The Morgan fingerprint density at radius 1 is 0.897 bits per heavy atom. The van der Waals surface area contributed by atoms with Gasteiger partial charge in [0.25, 0.3) is 0 Å². The van der Waals surface area contributed by atoms with Crippen molar-refractivity contribution in [2.75, 3.05) is 42.6 Å². The number of halogens is 1. The van der Waals surface area contributed by atoms with Crippen molar-refractivity contribution < 1.29 is 16.8 Å². The van der Waals surface area contributed by atoms with Gasteiger partial charge >= 0.3 is 0 Å². The highest BCUT2D eigenvalue weighted by Gasteiger charge is 2.48. The van der Waals surface area contributed by atoms with Crippen LogP contribution >= 0.6 is 11.6 Å². The maximum Gasteiger partial charge on any atom is 0.183 e. The summed E-state index contributed by atoms with van der Waals surface area (Å²) in [4.78, 5) is 4.40. The second-order valence-electron chi connectivity index (χ2n) is 7.54. The van der Waals surface area contributed by atoms with Crippen LogP contribution in [0.2, 0.25) is 5.02 Å². The fourth-order valence-electron chi connectivity index (χ4n) is 4.20. The third-order valence-electron chi connectivity index (χ3n) is 5.70. The van der Waals surface area contributed by atoms with Crippen molar-refractivity contribution in [3.8, 4) is 0 Å². The maximum absolute atomic E-state index is 13.2. The van der Waals surface area contributed by atoms with Crippen LogP contribution in [0.5, 0.6) is 0 Å². The minimum Gasteiger partial charge on any atom is -0.369 e. The van der Waals surface area contributed by atoms with Crippen LogP contribution in [0.4, 0.5) is 5.69 Å². The molecule has 6 nitrogen and oxygen atoms in total. The zero-order valence-electron chi connectivity index (χ0n) is 15.8. The molecule has 2 aliphatic rings. The molecule has 9 heteroatoms. The first kappa shape index (κ1) is 20.7. The molecule has 2 saturated heterocycles. The first-order valence-corrected chi connectivity index (χ1v) is 13.2. The summed E-state index contributed by atoms with van der Waals surface area (Å²) in [5.41, 5.74) is 1.02. The molecule has 0 N–H and O–H groups in total. The molecule has 2 heterocycles. The summed E-state index contributed by atoms with van der Waals surface area (Å²) in [6.07, 6.45) is 0. The Morgan fingerprint density at radius 2 is 1.59 bits per heavy atom. The average Bonchev–Trinajstić information content (AvgIpc) is 3.05. The fraction of sp³-hybridized carbons (Fsp3) is 0.400. The molecule has 156 valence electrons. The second kappa shape index (κ2) is 7.91. The summed E-state index contributed by atoms with van der Waals surface area (Å²) in [7, 11) is -7.14. The minimum absolute atomic E-state index is 0.110. The van der Waals surface area contributed by atoms with Gasteiger partial charge in [0.2, 0.25) is 0 Å². The van der Waals surface area contributed by atoms with Gasteiger partial charge in [-0.05, 0) is 30.3 Å². The highest BCUT2D eigenvalue weighted by atomic mass is 35.5. The number of rotatable bonds is 4. The predicted octanol–water partition coefficient (Wildman–Crippen LogP) is 2.10. The van der Waals surface area contributed by atoms with Crippen LogP contribution in [0.3, 0.4) is 0 Å². The Hall–Kier alpha value is -1.61. The summed E-state index contributed by atoms with van der Waals surface area (Å²) >= 11 is 6.08. The van der Waals surface area contributed by atoms with E-state index < -0.39 is 31.0 Å². The van der Waals surface area contributed by atoms with Crippen molar-refractivity contribution in [2.24, 2.45) is 0 Å². The number of hydrogen-bond acceptors (Lipinski definition) is 6. The quantitative estimate of drug-likeness (QED) is 0.704. The zero-order chi connectivity index (χ0) is 20.6. The van der Waals surface area contributed by atoms with E-state index in [9.17, 15) is 16.8 Å². The van der Waals surface area contributed by atoms with Crippen LogP contribution in [-0.4, -0.2) is 70.7 Å². The van der Waals surface area contributed by atoms with Gasteiger partial charge in [0, 0.05) is 42.9 Å². The van der Waals surface area contributed by atoms with E-state index in [-0.39, 0.29) is 16.4 Å². The number of nitrogens with zero attached hydrogens (tertiary/aromatic N) is 2. The van der Waals surface area contributed by atoms with Crippen LogP contribution in [0, 0.1) is 0 Å². The summed E-state index contributed by atoms with van der Waals surface area (Å²) in [5.74, 6) is -0.426. The SMILES string of the molecule is O=S1(=O)CC(N2CCN(c3cccc(Cl)c3)CC2)C(S(=O)(=O)c2ccccc2)C1. The molecule has 0 aromatic heterocycles. The predicted molar refractivity (Wildman–Crippen MR) is 115 cm³/mol. The topological polar surface area (TPSA) is 74.8 Å². The largest absolute Gasteiger partial charge is 0.369 e. The van der Waals surface area contributed by atoms with Crippen molar-refractivity contribution in [2.45, 2.75) is 16.2 Å². The molecule has 0 aliphatic carbocycles. The molecule has 2 atom stereocenters. The third kappa shape index (κ3) is 4.30. The molecular formula is C20H23ClN2O4S2. The zero-order valence-corrected chi connectivity index (χ0v) is 18.2. The molecule has 4 rings (SSSR count). The first-order chi connectivity index (χ1) is 13.8. The molecule has 2 aromatic rings. The number of piperazine rings is 1. The monoisotopic (exact) mass is 454 g/mol. The maximum atomic E-state index is 13.2. The Bertz CT molecular complexity index is 1080. The Kier molecular flexibility index (Phi) is 5.63. The van der Waals surface area contributed by atoms with Crippen molar-refractivity contribution >= 4 is 37.0 Å².